The molecule has 0 aromatic heterocycles. The highest BCUT2D eigenvalue weighted by Gasteiger charge is 2.21. The van der Waals surface area contributed by atoms with Gasteiger partial charge in [-0.2, -0.15) is 0 Å². The van der Waals surface area contributed by atoms with Crippen LogP contribution >= 0.6 is 0 Å². The van der Waals surface area contributed by atoms with E-state index in [0.29, 0.717) is 18.3 Å². The summed E-state index contributed by atoms with van der Waals surface area (Å²) in [4.78, 5) is 0. The number of benzene rings is 1. The first-order chi connectivity index (χ1) is 8.46. The van der Waals surface area contributed by atoms with Crippen molar-refractivity contribution in [1.29, 1.82) is 0 Å². The molecule has 0 amide bonds. The van der Waals surface area contributed by atoms with Gasteiger partial charge in [0.2, 0.25) is 10.0 Å². The Balaban J connectivity index is 1.95. The summed E-state index contributed by atoms with van der Waals surface area (Å²) in [6.07, 6.45) is 2.34. The van der Waals surface area contributed by atoms with Crippen LogP contribution in [0.2, 0.25) is 0 Å². The molecule has 18 heavy (non-hydrogen) atoms. The number of rotatable bonds is 6. The van der Waals surface area contributed by atoms with E-state index in [2.05, 4.69) is 10.0 Å². The van der Waals surface area contributed by atoms with Gasteiger partial charge in [-0.1, -0.05) is 12.1 Å². The molecule has 4 nitrogen and oxygen atoms in total. The topological polar surface area (TPSA) is 58.2 Å². The normalized spacial score (nSPS) is 15.7. The minimum absolute atomic E-state index is 0.122. The van der Waals surface area contributed by atoms with E-state index in [1.807, 2.05) is 32.0 Å². The average molecular weight is 268 g/mol. The van der Waals surface area contributed by atoms with Gasteiger partial charge in [0.1, 0.15) is 0 Å². The molecular weight excluding hydrogens is 248 g/mol. The number of sulfonamides is 1. The second-order valence-electron chi connectivity index (χ2n) is 4.97. The Morgan fingerprint density at radius 1 is 1.28 bits per heavy atom. The molecule has 2 rings (SSSR count). The van der Waals surface area contributed by atoms with Gasteiger partial charge in [-0.15, -0.1) is 0 Å². The highest BCUT2D eigenvalue weighted by molar-refractivity contribution is 7.92. The molecule has 0 atom stereocenters. The summed E-state index contributed by atoms with van der Waals surface area (Å²) >= 11 is 0. The number of aryl methyl sites for hydroxylation is 2. The van der Waals surface area contributed by atoms with E-state index in [9.17, 15) is 8.42 Å². The summed E-state index contributed by atoms with van der Waals surface area (Å²) in [6.45, 7) is 4.37. The molecule has 5 heteroatoms. The Morgan fingerprint density at radius 3 is 2.67 bits per heavy atom. The van der Waals surface area contributed by atoms with Crippen LogP contribution in [0.15, 0.2) is 18.2 Å². The lowest BCUT2D eigenvalue weighted by molar-refractivity contribution is 0.595. The first-order valence-corrected chi connectivity index (χ1v) is 7.93. The van der Waals surface area contributed by atoms with Crippen molar-refractivity contribution in [1.82, 2.24) is 5.32 Å². The van der Waals surface area contributed by atoms with Gasteiger partial charge in [-0.05, 0) is 43.9 Å². The predicted octanol–water partition coefficient (Wildman–Crippen LogP) is 1.80. The van der Waals surface area contributed by atoms with Gasteiger partial charge in [0.05, 0.1) is 11.4 Å². The van der Waals surface area contributed by atoms with Gasteiger partial charge in [0, 0.05) is 12.6 Å². The maximum Gasteiger partial charge on any atom is 0.233 e. The summed E-state index contributed by atoms with van der Waals surface area (Å²) < 4.78 is 26.5. The zero-order chi connectivity index (χ0) is 13.2. The quantitative estimate of drug-likeness (QED) is 0.827. The summed E-state index contributed by atoms with van der Waals surface area (Å²) in [5.41, 5.74) is 2.68. The number of hydrogen-bond acceptors (Lipinski definition) is 3. The Kier molecular flexibility index (Phi) is 3.92. The zero-order valence-electron chi connectivity index (χ0n) is 10.9. The van der Waals surface area contributed by atoms with Crippen molar-refractivity contribution in [2.75, 3.05) is 17.0 Å². The third-order valence-electron chi connectivity index (χ3n) is 3.04. The third kappa shape index (κ3) is 3.99. The maximum absolute atomic E-state index is 11.9. The first-order valence-electron chi connectivity index (χ1n) is 6.27. The molecule has 100 valence electrons. The summed E-state index contributed by atoms with van der Waals surface area (Å²) in [7, 11) is -3.25. The van der Waals surface area contributed by atoms with E-state index in [-0.39, 0.29) is 5.75 Å². The van der Waals surface area contributed by atoms with Crippen molar-refractivity contribution >= 4 is 15.7 Å². The van der Waals surface area contributed by atoms with Crippen molar-refractivity contribution in [3.8, 4) is 0 Å². The average Bonchev–Trinajstić information content (AvgIpc) is 3.07. The molecule has 0 heterocycles. The van der Waals surface area contributed by atoms with Crippen LogP contribution in [0, 0.1) is 13.8 Å². The smallest absolute Gasteiger partial charge is 0.233 e. The van der Waals surface area contributed by atoms with Crippen LogP contribution < -0.4 is 10.0 Å². The van der Waals surface area contributed by atoms with Crippen LogP contribution in [0.4, 0.5) is 5.69 Å². The highest BCUT2D eigenvalue weighted by Crippen LogP contribution is 2.19. The van der Waals surface area contributed by atoms with Crippen LogP contribution in [0.1, 0.15) is 24.0 Å². The molecule has 1 saturated carbocycles. The van der Waals surface area contributed by atoms with E-state index in [0.717, 1.165) is 11.1 Å². The fraction of sp³-hybridized carbons (Fsp3) is 0.538. The molecule has 0 radical (unpaired) electrons. The number of anilines is 1. The highest BCUT2D eigenvalue weighted by atomic mass is 32.2. The molecule has 1 fully saturated rings. The molecule has 0 spiro atoms. The Morgan fingerprint density at radius 2 is 2.00 bits per heavy atom. The molecule has 1 aliphatic rings. The molecule has 1 aromatic rings. The van der Waals surface area contributed by atoms with Gasteiger partial charge in [0.15, 0.2) is 0 Å². The molecule has 0 saturated heterocycles. The van der Waals surface area contributed by atoms with Gasteiger partial charge in [-0.3, -0.25) is 4.72 Å². The minimum Gasteiger partial charge on any atom is -0.313 e. The molecular formula is C13H20N2O2S. The summed E-state index contributed by atoms with van der Waals surface area (Å²) in [6, 6.07) is 6.31. The molecule has 0 bridgehead atoms. The molecule has 0 unspecified atom stereocenters. The second-order valence-corrected chi connectivity index (χ2v) is 6.81. The van der Waals surface area contributed by atoms with Crippen LogP contribution in [0.25, 0.3) is 0 Å². The second kappa shape index (κ2) is 5.28. The lowest BCUT2D eigenvalue weighted by Crippen LogP contribution is -2.28. The van der Waals surface area contributed by atoms with Crippen LogP contribution in [-0.4, -0.2) is 26.8 Å². The monoisotopic (exact) mass is 268 g/mol. The van der Waals surface area contributed by atoms with Crippen molar-refractivity contribution in [3.63, 3.8) is 0 Å². The maximum atomic E-state index is 11.9. The van der Waals surface area contributed by atoms with Crippen molar-refractivity contribution < 1.29 is 8.42 Å². The Hall–Kier alpha value is -1.07. The van der Waals surface area contributed by atoms with E-state index < -0.39 is 10.0 Å². The molecule has 1 aliphatic carbocycles. The standard InChI is InChI=1S/C13H20N2O2S/c1-10-3-4-11(2)13(9-10)15-18(16,17)8-7-14-12-5-6-12/h3-4,9,12,14-15H,5-8H2,1-2H3. The van der Waals surface area contributed by atoms with Gasteiger partial charge < -0.3 is 5.32 Å². The zero-order valence-corrected chi connectivity index (χ0v) is 11.7. The van der Waals surface area contributed by atoms with Gasteiger partial charge in [0.25, 0.3) is 0 Å². The molecule has 1 aromatic carbocycles. The largest absolute Gasteiger partial charge is 0.313 e. The lowest BCUT2D eigenvalue weighted by atomic mass is 10.1. The fourth-order valence-corrected chi connectivity index (χ4v) is 2.79. The van der Waals surface area contributed by atoms with Crippen LogP contribution in [-0.2, 0) is 10.0 Å². The van der Waals surface area contributed by atoms with E-state index in [4.69, 9.17) is 0 Å². The van der Waals surface area contributed by atoms with Crippen molar-refractivity contribution in [3.05, 3.63) is 29.3 Å². The van der Waals surface area contributed by atoms with E-state index >= 15 is 0 Å². The summed E-state index contributed by atoms with van der Waals surface area (Å²) in [5.74, 6) is 0.122. The lowest BCUT2D eigenvalue weighted by Gasteiger charge is -2.11. The number of nitrogens with one attached hydrogen (secondary N) is 2. The Labute approximate surface area is 109 Å². The molecule has 0 aliphatic heterocycles. The third-order valence-corrected chi connectivity index (χ3v) is 4.31. The van der Waals surface area contributed by atoms with E-state index in [1.165, 1.54) is 12.8 Å². The van der Waals surface area contributed by atoms with Crippen LogP contribution in [0.3, 0.4) is 0 Å². The van der Waals surface area contributed by atoms with Crippen LogP contribution in [0.5, 0.6) is 0 Å². The van der Waals surface area contributed by atoms with Crippen molar-refractivity contribution in [2.45, 2.75) is 32.7 Å². The predicted molar refractivity (Wildman–Crippen MR) is 74.4 cm³/mol. The van der Waals surface area contributed by atoms with Gasteiger partial charge >= 0.3 is 0 Å². The van der Waals surface area contributed by atoms with E-state index in [1.54, 1.807) is 0 Å². The molecule has 2 N–H and O–H groups in total. The van der Waals surface area contributed by atoms with Crippen molar-refractivity contribution in [2.24, 2.45) is 0 Å². The fourth-order valence-electron chi connectivity index (χ4n) is 1.75. The van der Waals surface area contributed by atoms with Gasteiger partial charge in [-0.25, -0.2) is 8.42 Å². The minimum atomic E-state index is -3.25. The number of hydrogen-bond donors (Lipinski definition) is 2. The Bertz CT molecular complexity index is 522. The SMILES string of the molecule is Cc1ccc(C)c(NS(=O)(=O)CCNC2CC2)c1. The summed E-state index contributed by atoms with van der Waals surface area (Å²) in [5, 5.41) is 3.21. The first kappa shape index (κ1) is 13.4.